The fraction of sp³-hybridized carbons (Fsp3) is 0.318. The number of carbonyl (C=O) groups excluding carboxylic acids is 1. The standard InChI is InChI=1S/C22H23N3O4/c1-14-5-4-6-15(9-14)12-25-13-17(11-20(25)26)21-23-22(29-24-21)16-7-8-18(27-2)19(10-16)28-3/h4-10,17H,11-13H2,1-3H3. The number of likely N-dealkylation sites (tertiary alicyclic amines) is 1. The predicted octanol–water partition coefficient (Wildman–Crippen LogP) is 3.58. The molecule has 0 radical (unpaired) electrons. The minimum Gasteiger partial charge on any atom is -0.493 e. The van der Waals surface area contributed by atoms with Crippen molar-refractivity contribution in [3.63, 3.8) is 0 Å². The Morgan fingerprint density at radius 2 is 1.97 bits per heavy atom. The van der Waals surface area contributed by atoms with Gasteiger partial charge in [-0.25, -0.2) is 0 Å². The quantitative estimate of drug-likeness (QED) is 0.637. The van der Waals surface area contributed by atoms with E-state index in [4.69, 9.17) is 14.0 Å². The fourth-order valence-corrected chi connectivity index (χ4v) is 3.62. The van der Waals surface area contributed by atoms with Crippen LogP contribution in [0, 0.1) is 6.92 Å². The third-order valence-electron chi connectivity index (χ3n) is 5.11. The maximum Gasteiger partial charge on any atom is 0.258 e. The largest absolute Gasteiger partial charge is 0.493 e. The van der Waals surface area contributed by atoms with Crippen LogP contribution in [0.5, 0.6) is 11.5 Å². The lowest BCUT2D eigenvalue weighted by Gasteiger charge is -2.16. The number of nitrogens with zero attached hydrogens (tertiary/aromatic N) is 3. The van der Waals surface area contributed by atoms with Gasteiger partial charge in [0.05, 0.1) is 14.2 Å². The van der Waals surface area contributed by atoms with Gasteiger partial charge in [0, 0.05) is 31.0 Å². The molecule has 0 spiro atoms. The summed E-state index contributed by atoms with van der Waals surface area (Å²) in [6.07, 6.45) is 0.386. The maximum atomic E-state index is 12.5. The molecule has 4 rings (SSSR count). The number of amides is 1. The number of hydrogen-bond donors (Lipinski definition) is 0. The highest BCUT2D eigenvalue weighted by Crippen LogP contribution is 2.33. The van der Waals surface area contributed by atoms with Gasteiger partial charge in [0.2, 0.25) is 5.91 Å². The molecule has 1 saturated heterocycles. The number of carbonyl (C=O) groups is 1. The Hall–Kier alpha value is -3.35. The monoisotopic (exact) mass is 393 g/mol. The van der Waals surface area contributed by atoms with Crippen LogP contribution in [-0.4, -0.2) is 41.7 Å². The molecule has 1 aliphatic heterocycles. The van der Waals surface area contributed by atoms with Gasteiger partial charge in [0.15, 0.2) is 17.3 Å². The van der Waals surface area contributed by atoms with Gasteiger partial charge >= 0.3 is 0 Å². The van der Waals surface area contributed by atoms with Crippen molar-refractivity contribution in [1.29, 1.82) is 0 Å². The first-order chi connectivity index (χ1) is 14.1. The van der Waals surface area contributed by atoms with Crippen LogP contribution in [-0.2, 0) is 11.3 Å². The molecule has 3 aromatic rings. The lowest BCUT2D eigenvalue weighted by molar-refractivity contribution is -0.128. The molecule has 0 saturated carbocycles. The number of aryl methyl sites for hydroxylation is 1. The SMILES string of the molecule is COc1ccc(-c2nc(C3CC(=O)N(Cc4cccc(C)c4)C3)no2)cc1OC. The Bertz CT molecular complexity index is 1030. The van der Waals surface area contributed by atoms with E-state index in [2.05, 4.69) is 16.2 Å². The highest BCUT2D eigenvalue weighted by atomic mass is 16.5. The number of hydrogen-bond acceptors (Lipinski definition) is 6. The molecule has 7 nitrogen and oxygen atoms in total. The van der Waals surface area contributed by atoms with Crippen LogP contribution in [0.15, 0.2) is 47.0 Å². The molecule has 1 fully saturated rings. The van der Waals surface area contributed by atoms with Crippen molar-refractivity contribution in [2.75, 3.05) is 20.8 Å². The topological polar surface area (TPSA) is 77.7 Å². The molecule has 1 aromatic heterocycles. The van der Waals surface area contributed by atoms with E-state index in [-0.39, 0.29) is 11.8 Å². The van der Waals surface area contributed by atoms with Crippen molar-refractivity contribution in [1.82, 2.24) is 15.0 Å². The van der Waals surface area contributed by atoms with E-state index in [1.165, 1.54) is 5.56 Å². The highest BCUT2D eigenvalue weighted by Gasteiger charge is 2.33. The molecule has 2 heterocycles. The molecular formula is C22H23N3O4. The summed E-state index contributed by atoms with van der Waals surface area (Å²) in [4.78, 5) is 18.9. The van der Waals surface area contributed by atoms with Crippen LogP contribution in [0.3, 0.4) is 0 Å². The number of methoxy groups -OCH3 is 2. The van der Waals surface area contributed by atoms with Gasteiger partial charge in [-0.2, -0.15) is 4.98 Å². The van der Waals surface area contributed by atoms with Gasteiger partial charge in [-0.3, -0.25) is 4.79 Å². The molecule has 29 heavy (non-hydrogen) atoms. The molecule has 1 aliphatic rings. The van der Waals surface area contributed by atoms with Crippen molar-refractivity contribution in [3.05, 3.63) is 59.4 Å². The Labute approximate surface area is 169 Å². The summed E-state index contributed by atoms with van der Waals surface area (Å²) in [6.45, 7) is 3.22. The normalized spacial score (nSPS) is 16.3. The second kappa shape index (κ2) is 7.95. The highest BCUT2D eigenvalue weighted by molar-refractivity contribution is 5.79. The van der Waals surface area contributed by atoms with Gasteiger partial charge in [0.1, 0.15) is 0 Å². The first-order valence-electron chi connectivity index (χ1n) is 9.46. The molecule has 2 aromatic carbocycles. The van der Waals surface area contributed by atoms with E-state index in [9.17, 15) is 4.79 Å². The van der Waals surface area contributed by atoms with E-state index in [1.807, 2.05) is 36.1 Å². The third kappa shape index (κ3) is 3.94. The summed E-state index contributed by atoms with van der Waals surface area (Å²) in [5.74, 6) is 2.19. The van der Waals surface area contributed by atoms with Crippen LogP contribution < -0.4 is 9.47 Å². The van der Waals surface area contributed by atoms with Crippen molar-refractivity contribution in [3.8, 4) is 23.0 Å². The summed E-state index contributed by atoms with van der Waals surface area (Å²) in [5.41, 5.74) is 3.05. The van der Waals surface area contributed by atoms with E-state index in [0.717, 1.165) is 11.1 Å². The van der Waals surface area contributed by atoms with Crippen molar-refractivity contribution >= 4 is 5.91 Å². The second-order valence-electron chi connectivity index (χ2n) is 7.19. The van der Waals surface area contributed by atoms with Gasteiger partial charge in [0.25, 0.3) is 5.89 Å². The van der Waals surface area contributed by atoms with Crippen molar-refractivity contribution < 1.29 is 18.8 Å². The smallest absolute Gasteiger partial charge is 0.258 e. The molecule has 7 heteroatoms. The lowest BCUT2D eigenvalue weighted by atomic mass is 10.1. The average Bonchev–Trinajstić information content (AvgIpc) is 3.35. The van der Waals surface area contributed by atoms with Crippen LogP contribution in [0.1, 0.15) is 29.3 Å². The maximum absolute atomic E-state index is 12.5. The molecule has 0 aliphatic carbocycles. The molecule has 1 atom stereocenters. The predicted molar refractivity (Wildman–Crippen MR) is 107 cm³/mol. The van der Waals surface area contributed by atoms with E-state index in [0.29, 0.717) is 42.7 Å². The summed E-state index contributed by atoms with van der Waals surface area (Å²) < 4.78 is 16.0. The summed E-state index contributed by atoms with van der Waals surface area (Å²) in [6, 6.07) is 13.6. The Morgan fingerprint density at radius 3 is 2.72 bits per heavy atom. The molecule has 1 unspecified atom stereocenters. The van der Waals surface area contributed by atoms with Gasteiger partial charge < -0.3 is 18.9 Å². The number of ether oxygens (including phenoxy) is 2. The van der Waals surface area contributed by atoms with Crippen molar-refractivity contribution in [2.45, 2.75) is 25.8 Å². The zero-order valence-corrected chi connectivity index (χ0v) is 16.7. The van der Waals surface area contributed by atoms with Crippen molar-refractivity contribution in [2.24, 2.45) is 0 Å². The lowest BCUT2D eigenvalue weighted by Crippen LogP contribution is -2.24. The zero-order valence-electron chi connectivity index (χ0n) is 16.7. The number of benzene rings is 2. The van der Waals surface area contributed by atoms with E-state index < -0.39 is 0 Å². The molecule has 1 amide bonds. The zero-order chi connectivity index (χ0) is 20.4. The number of aromatic nitrogens is 2. The third-order valence-corrected chi connectivity index (χ3v) is 5.11. The van der Waals surface area contributed by atoms with E-state index >= 15 is 0 Å². The van der Waals surface area contributed by atoms with Gasteiger partial charge in [-0.05, 0) is 30.7 Å². The Balaban J connectivity index is 1.49. The minimum atomic E-state index is -0.0787. The first kappa shape index (κ1) is 19.0. The van der Waals surface area contributed by atoms with Crippen LogP contribution in [0.2, 0.25) is 0 Å². The Morgan fingerprint density at radius 1 is 1.14 bits per heavy atom. The number of rotatable bonds is 6. The summed E-state index contributed by atoms with van der Waals surface area (Å²) in [5, 5.41) is 4.13. The van der Waals surface area contributed by atoms with E-state index in [1.54, 1.807) is 26.4 Å². The van der Waals surface area contributed by atoms with Crippen LogP contribution >= 0.6 is 0 Å². The van der Waals surface area contributed by atoms with Crippen LogP contribution in [0.4, 0.5) is 0 Å². The van der Waals surface area contributed by atoms with Gasteiger partial charge in [-0.15, -0.1) is 0 Å². The summed E-state index contributed by atoms with van der Waals surface area (Å²) >= 11 is 0. The molecule has 0 bridgehead atoms. The minimum absolute atomic E-state index is 0.0787. The van der Waals surface area contributed by atoms with Gasteiger partial charge in [-0.1, -0.05) is 35.0 Å². The summed E-state index contributed by atoms with van der Waals surface area (Å²) in [7, 11) is 3.16. The van der Waals surface area contributed by atoms with Crippen LogP contribution in [0.25, 0.3) is 11.5 Å². The Kier molecular flexibility index (Phi) is 5.20. The fourth-order valence-electron chi connectivity index (χ4n) is 3.62. The second-order valence-corrected chi connectivity index (χ2v) is 7.19. The molecule has 150 valence electrons. The molecule has 0 N–H and O–H groups in total. The molecular weight excluding hydrogens is 370 g/mol. The first-order valence-corrected chi connectivity index (χ1v) is 9.46. The average molecular weight is 393 g/mol.